The Morgan fingerprint density at radius 3 is 0.899 bits per heavy atom. The molecule has 0 spiro atoms. The predicted molar refractivity (Wildman–Crippen MR) is 583 cm³/mol. The molecular formula is C128H108Ir4N12O4-8. The van der Waals surface area contributed by atoms with Crippen LogP contribution in [0.2, 0.25) is 0 Å². The molecule has 16 nitrogen and oxygen atoms in total. The van der Waals surface area contributed by atoms with Crippen molar-refractivity contribution >= 4 is 88.3 Å². The second kappa shape index (κ2) is 52.1. The van der Waals surface area contributed by atoms with Gasteiger partial charge < -0.3 is 57.5 Å². The Kier molecular flexibility index (Phi) is 29.4. The second-order valence-electron chi connectivity index (χ2n) is 33.5. The van der Waals surface area contributed by atoms with E-state index in [0.29, 0.717) is 117 Å². The fourth-order valence-electron chi connectivity index (χ4n) is 16.0. The summed E-state index contributed by atoms with van der Waals surface area (Å²) in [5, 5.41) is 5.72. The summed E-state index contributed by atoms with van der Waals surface area (Å²) in [7, 11) is 0. The zero-order valence-electron chi connectivity index (χ0n) is 104. The van der Waals surface area contributed by atoms with E-state index in [1.165, 1.54) is 82.8 Å². The van der Waals surface area contributed by atoms with Crippen LogP contribution in [0.5, 0.6) is 0 Å². The molecule has 0 aliphatic heterocycles. The van der Waals surface area contributed by atoms with Gasteiger partial charge in [0.1, 0.15) is 0 Å². The largest absolute Gasteiger partial charge is 0.486 e. The molecule has 148 heavy (non-hydrogen) atoms. The van der Waals surface area contributed by atoms with Crippen LogP contribution in [0, 0.1) is 104 Å². The van der Waals surface area contributed by atoms with Gasteiger partial charge in [-0.25, -0.2) is 19.9 Å². The Morgan fingerprint density at radius 1 is 0.250 bits per heavy atom. The van der Waals surface area contributed by atoms with E-state index >= 15 is 0 Å². The van der Waals surface area contributed by atoms with E-state index in [1.807, 2.05) is 235 Å². The first kappa shape index (κ1) is 83.4. The SMILES string of the molecule is [2H]C([2H])([2H])C([2H])(C)c1ccc(-c2[c-]ccc3c2oc2nc(C)cc(C)c23)nc1.[2H]C([2H])([2H])C([2H])(C)c1ccnc(-c2[c-]ccc3c2oc2nc(C)cc(C)c23)c1.[2H]C([2H])([2H])c1c[c-]c(-c2cc(C([2H])(C)C([2H])([2H])[2H])ccn2)c2oc3nc(C)ccc3c12.[2H]C([2H])([2H])c1c[c-]c(-c2ccc(C([2H])(C)C([2H])([2H])[2H])cn2)c2oc3nc(C)ccc3c12.[Ir].[Ir].[Ir].[Ir].[c-]1ccccc1-c1ccccn1.[c-]1ccccc1-c1ccccn1.[c-]1ccccc1-c1ccccn1.[c-]1ccccc1-c1ccccn1. The zero-order chi connectivity index (χ0) is 119. The average Bonchev–Trinajstić information content (AvgIpc) is 1.58. The molecule has 4 radical (unpaired) electrons. The summed E-state index contributed by atoms with van der Waals surface area (Å²) < 4.78 is 196. The number of benzene rings is 8. The Balaban J connectivity index is 0.000000163. The van der Waals surface area contributed by atoms with Gasteiger partial charge in [0.25, 0.3) is 0 Å². The zero-order valence-corrected chi connectivity index (χ0v) is 91.2. The van der Waals surface area contributed by atoms with E-state index in [9.17, 15) is 0 Å². The molecule has 24 rings (SSSR count). The third kappa shape index (κ3) is 26.7. The molecule has 0 aliphatic rings. The topological polar surface area (TPSA) is 207 Å². The average molecular weight is 2670 g/mol. The van der Waals surface area contributed by atoms with Gasteiger partial charge >= 0.3 is 0 Å². The molecular weight excluding hydrogens is 2540 g/mol. The van der Waals surface area contributed by atoms with Crippen molar-refractivity contribution in [2.24, 2.45) is 0 Å². The fraction of sp³-hybridized carbons (Fsp3) is 0.156. The summed E-state index contributed by atoms with van der Waals surface area (Å²) in [6, 6.07) is 114. The number of fused-ring (bicyclic) bond motifs is 12. The number of nitrogens with zero attached hydrogens (tertiary/aromatic N) is 12. The molecule has 20 heteroatoms. The molecule has 4 unspecified atom stereocenters. The summed E-state index contributed by atoms with van der Waals surface area (Å²) >= 11 is 0. The molecule has 16 aromatic heterocycles. The molecule has 0 bridgehead atoms. The van der Waals surface area contributed by atoms with E-state index in [1.54, 1.807) is 92.4 Å². The molecule has 8 aromatic carbocycles. The van der Waals surface area contributed by atoms with Crippen LogP contribution in [0.3, 0.4) is 0 Å². The van der Waals surface area contributed by atoms with Crippen LogP contribution in [0.1, 0.15) is 176 Å². The summed E-state index contributed by atoms with van der Waals surface area (Å²) in [5.41, 5.74) is 22.3. The molecule has 0 aliphatic carbocycles. The van der Waals surface area contributed by atoms with Crippen molar-refractivity contribution in [3.05, 3.63) is 457 Å². The van der Waals surface area contributed by atoms with E-state index in [4.69, 9.17) is 47.8 Å². The van der Waals surface area contributed by atoms with Gasteiger partial charge in [0.15, 0.2) is 0 Å². The third-order valence-electron chi connectivity index (χ3n) is 23.0. The van der Waals surface area contributed by atoms with Crippen LogP contribution in [-0.2, 0) is 80.4 Å². The van der Waals surface area contributed by atoms with Crippen LogP contribution in [-0.4, -0.2) is 59.8 Å². The molecule has 0 fully saturated rings. The number of pyridine rings is 12. The maximum atomic E-state index is 8.36. The number of hydrogen-bond acceptors (Lipinski definition) is 16. The number of aryl methyl sites for hydroxylation is 8. The molecule has 24 aromatic rings. The minimum atomic E-state index is -2.55. The van der Waals surface area contributed by atoms with Crippen molar-refractivity contribution in [1.82, 2.24) is 59.8 Å². The van der Waals surface area contributed by atoms with Crippen LogP contribution >= 0.6 is 0 Å². The summed E-state index contributed by atoms with van der Waals surface area (Å²) in [6.45, 7) is 2.18. The molecule has 748 valence electrons. The van der Waals surface area contributed by atoms with Gasteiger partial charge in [0, 0.05) is 204 Å². The molecule has 0 N–H and O–H groups in total. The van der Waals surface area contributed by atoms with Gasteiger partial charge in [-0.05, 0) is 206 Å². The van der Waals surface area contributed by atoms with Gasteiger partial charge in [-0.2, -0.15) is 0 Å². The normalized spacial score (nSPS) is 15.0. The molecule has 4 atom stereocenters. The molecule has 0 amide bonds. The smallest absolute Gasteiger partial charge is 0.216 e. The molecule has 0 saturated heterocycles. The summed E-state index contributed by atoms with van der Waals surface area (Å²) in [6.07, 6.45) is 12.9. The van der Waals surface area contributed by atoms with Crippen molar-refractivity contribution < 1.29 is 128 Å². The molecule has 16 heterocycles. The Morgan fingerprint density at radius 2 is 0.574 bits per heavy atom. The first-order valence-corrected chi connectivity index (χ1v) is 46.0. The molecule has 0 saturated carbocycles. The monoisotopic (exact) mass is 2670 g/mol. The predicted octanol–water partition coefficient (Wildman–Crippen LogP) is 32.5. The van der Waals surface area contributed by atoms with Gasteiger partial charge in [-0.1, -0.05) is 209 Å². The van der Waals surface area contributed by atoms with Crippen LogP contribution in [0.15, 0.2) is 358 Å². The third-order valence-corrected chi connectivity index (χ3v) is 23.0. The number of hydrogen-bond donors (Lipinski definition) is 0. The second-order valence-corrected chi connectivity index (χ2v) is 33.5. The van der Waals surface area contributed by atoms with Gasteiger partial charge in [-0.15, -0.1) is 215 Å². The summed E-state index contributed by atoms with van der Waals surface area (Å²) in [4.78, 5) is 52.0. The minimum Gasteiger partial charge on any atom is -0.486 e. The van der Waals surface area contributed by atoms with Crippen molar-refractivity contribution in [3.8, 4) is 90.1 Å². The Hall–Kier alpha value is -14.6. The first-order valence-electron chi connectivity index (χ1n) is 57.0. The minimum absolute atomic E-state index is 0. The van der Waals surface area contributed by atoms with Crippen molar-refractivity contribution in [2.45, 2.75) is 134 Å². The van der Waals surface area contributed by atoms with Gasteiger partial charge in [0.05, 0.1) is 22.3 Å². The van der Waals surface area contributed by atoms with Crippen molar-refractivity contribution in [1.29, 1.82) is 0 Å². The van der Waals surface area contributed by atoms with Gasteiger partial charge in [-0.3, -0.25) is 0 Å². The quantitative estimate of drug-likeness (QED) is 0.104. The number of rotatable bonds is 12. The Bertz CT molecular complexity index is 9040. The maximum absolute atomic E-state index is 8.36. The van der Waals surface area contributed by atoms with Crippen LogP contribution in [0.25, 0.3) is 178 Å². The van der Waals surface area contributed by atoms with E-state index in [2.05, 4.69) is 108 Å². The van der Waals surface area contributed by atoms with E-state index in [-0.39, 0.29) is 108 Å². The standard InChI is InChI=1S/4C21H19N2O.4C11H8N.4Ir/c1-12(2)15-7-10-18(22-11-15)16-8-5-13(3)19-17-9-6-14(4)23-21(17)24-20(16)19;1-12(2)15-9-10-22-18(11-15)16-7-5-13(3)19-17-8-6-14(4)23-21(17)24-20(16)19;1-12(2)15-8-9-22-18(11-15)16-6-5-7-17-19-13(3)10-14(4)23-21(19)24-20(16)17;1-12(2)15-8-9-18(22-11-15)16-6-5-7-17-19-13(3)10-14(4)23-21(19)24-20(16)17;4*1-2-6-10(7-3-1)11-8-4-5-9-12-11;;;;/h5-7,9-12H,1-4H3;5-6,8-12H,1-4H3;2*5,7-12H,1-4H3;4*1-6,8-9H;;;;/q8*-1;;;;/i2*1D3,3D3,12D;2*1D3,12D;;;;;;;;. The fourth-order valence-corrected chi connectivity index (χ4v) is 16.0. The van der Waals surface area contributed by atoms with Crippen molar-refractivity contribution in [2.75, 3.05) is 0 Å². The maximum Gasteiger partial charge on any atom is 0.216 e. The first-order chi connectivity index (χ1) is 78.7. The number of aromatic nitrogens is 12. The summed E-state index contributed by atoms with van der Waals surface area (Å²) in [5.74, 6) is -7.15. The van der Waals surface area contributed by atoms with Crippen LogP contribution in [0.4, 0.5) is 0 Å². The van der Waals surface area contributed by atoms with Gasteiger partial charge in [0.2, 0.25) is 22.9 Å². The van der Waals surface area contributed by atoms with E-state index < -0.39 is 64.7 Å². The van der Waals surface area contributed by atoms with E-state index in [0.717, 1.165) is 100 Å². The Labute approximate surface area is 950 Å². The number of furan rings is 4. The van der Waals surface area contributed by atoms with Crippen LogP contribution < -0.4 is 0 Å². The van der Waals surface area contributed by atoms with Crippen molar-refractivity contribution in [3.63, 3.8) is 0 Å².